The van der Waals surface area contributed by atoms with E-state index in [4.69, 9.17) is 19.2 Å². The smallest absolute Gasteiger partial charge is 0.194 e. The fraction of sp³-hybridized carbons (Fsp3) is 0.435. The number of anilines is 1. The number of guanidine groups is 1. The van der Waals surface area contributed by atoms with Crippen LogP contribution in [-0.2, 0) is 6.54 Å². The second-order valence-corrected chi connectivity index (χ2v) is 7.15. The number of para-hydroxylation sites is 2. The Morgan fingerprint density at radius 3 is 2.19 bits per heavy atom. The van der Waals surface area contributed by atoms with Crippen LogP contribution in [0.2, 0.25) is 0 Å². The molecular formula is C23H33IN4O4. The predicted molar refractivity (Wildman–Crippen MR) is 138 cm³/mol. The summed E-state index contributed by atoms with van der Waals surface area (Å²) in [6.07, 6.45) is 0. The minimum absolute atomic E-state index is 0. The Morgan fingerprint density at radius 1 is 0.969 bits per heavy atom. The van der Waals surface area contributed by atoms with E-state index in [1.54, 1.807) is 27.4 Å². The Bertz CT molecular complexity index is 902. The third kappa shape index (κ3) is 6.02. The Balaban J connectivity index is 0.00000363. The molecule has 9 heteroatoms. The lowest BCUT2D eigenvalue weighted by Crippen LogP contribution is -2.52. The van der Waals surface area contributed by atoms with E-state index in [2.05, 4.69) is 22.0 Å². The number of rotatable bonds is 7. The lowest BCUT2D eigenvalue weighted by molar-refractivity contribution is 0.347. The van der Waals surface area contributed by atoms with E-state index in [1.807, 2.05) is 30.3 Å². The fourth-order valence-corrected chi connectivity index (χ4v) is 3.69. The molecule has 0 atom stereocenters. The number of aromatic hydroxyl groups is 1. The van der Waals surface area contributed by atoms with Gasteiger partial charge in [0.2, 0.25) is 0 Å². The molecule has 0 unspecified atom stereocenters. The van der Waals surface area contributed by atoms with E-state index in [1.165, 1.54) is 0 Å². The van der Waals surface area contributed by atoms with Crippen molar-refractivity contribution in [2.75, 3.05) is 59.0 Å². The number of benzene rings is 2. The predicted octanol–water partition coefficient (Wildman–Crippen LogP) is 3.32. The zero-order chi connectivity index (χ0) is 22.2. The number of phenolic OH excluding ortho intramolecular Hbond substituents is 1. The van der Waals surface area contributed by atoms with Crippen molar-refractivity contribution in [2.45, 2.75) is 13.5 Å². The molecular weight excluding hydrogens is 523 g/mol. The van der Waals surface area contributed by atoms with Crippen molar-refractivity contribution < 1.29 is 19.3 Å². The minimum atomic E-state index is 0. The van der Waals surface area contributed by atoms with Gasteiger partial charge in [-0.3, -0.25) is 0 Å². The number of nitrogens with one attached hydrogen (secondary N) is 1. The molecule has 0 spiro atoms. The van der Waals surface area contributed by atoms with Gasteiger partial charge in [0.25, 0.3) is 0 Å². The average Bonchev–Trinajstić information content (AvgIpc) is 2.81. The summed E-state index contributed by atoms with van der Waals surface area (Å²) in [5, 5.41) is 13.5. The van der Waals surface area contributed by atoms with Crippen LogP contribution in [0.4, 0.5) is 5.69 Å². The van der Waals surface area contributed by atoms with Crippen LogP contribution in [0.3, 0.4) is 0 Å². The number of nitrogens with zero attached hydrogens (tertiary/aromatic N) is 3. The van der Waals surface area contributed by atoms with Gasteiger partial charge in [-0.05, 0) is 25.1 Å². The molecule has 1 aliphatic rings. The molecule has 176 valence electrons. The van der Waals surface area contributed by atoms with Crippen LogP contribution >= 0.6 is 24.0 Å². The highest BCUT2D eigenvalue weighted by molar-refractivity contribution is 14.0. The van der Waals surface area contributed by atoms with Gasteiger partial charge >= 0.3 is 0 Å². The first kappa shape index (κ1) is 25.7. The van der Waals surface area contributed by atoms with Crippen molar-refractivity contribution in [3.8, 4) is 23.0 Å². The highest BCUT2D eigenvalue weighted by Crippen LogP contribution is 2.35. The zero-order valence-electron chi connectivity index (χ0n) is 19.1. The molecule has 0 aliphatic carbocycles. The number of hydrogen-bond donors (Lipinski definition) is 2. The second kappa shape index (κ2) is 12.5. The number of phenols is 1. The summed E-state index contributed by atoms with van der Waals surface area (Å²) in [7, 11) is 4.86. The molecule has 1 heterocycles. The Kier molecular flexibility index (Phi) is 10.0. The van der Waals surface area contributed by atoms with Crippen molar-refractivity contribution in [1.29, 1.82) is 0 Å². The lowest BCUT2D eigenvalue weighted by atomic mass is 10.1. The van der Waals surface area contributed by atoms with Gasteiger partial charge in [0.1, 0.15) is 11.5 Å². The van der Waals surface area contributed by atoms with E-state index in [-0.39, 0.29) is 24.0 Å². The van der Waals surface area contributed by atoms with Crippen LogP contribution in [0, 0.1) is 0 Å². The van der Waals surface area contributed by atoms with Gasteiger partial charge in [-0.1, -0.05) is 12.1 Å². The SMILES string of the molecule is CCNC(=NCc1cc(OC)c(OC)cc1OC)N1CCN(c2ccccc2O)CC1.I. The molecule has 0 bridgehead atoms. The van der Waals surface area contributed by atoms with Crippen LogP contribution in [0.1, 0.15) is 12.5 Å². The van der Waals surface area contributed by atoms with Gasteiger partial charge in [-0.25, -0.2) is 4.99 Å². The molecule has 2 aromatic rings. The maximum Gasteiger partial charge on any atom is 0.194 e. The van der Waals surface area contributed by atoms with E-state index < -0.39 is 0 Å². The van der Waals surface area contributed by atoms with Crippen molar-refractivity contribution in [3.05, 3.63) is 42.0 Å². The molecule has 0 amide bonds. The quantitative estimate of drug-likeness (QED) is 0.308. The average molecular weight is 556 g/mol. The fourth-order valence-electron chi connectivity index (χ4n) is 3.69. The first-order valence-corrected chi connectivity index (χ1v) is 10.5. The summed E-state index contributed by atoms with van der Waals surface area (Å²) >= 11 is 0. The van der Waals surface area contributed by atoms with Gasteiger partial charge in [-0.15, -0.1) is 24.0 Å². The van der Waals surface area contributed by atoms with Gasteiger partial charge in [0, 0.05) is 44.4 Å². The molecule has 0 saturated carbocycles. The minimum Gasteiger partial charge on any atom is -0.506 e. The number of ether oxygens (including phenoxy) is 3. The van der Waals surface area contributed by atoms with E-state index >= 15 is 0 Å². The number of methoxy groups -OCH3 is 3. The topological polar surface area (TPSA) is 78.8 Å². The molecule has 0 radical (unpaired) electrons. The zero-order valence-corrected chi connectivity index (χ0v) is 21.5. The van der Waals surface area contributed by atoms with Crippen molar-refractivity contribution in [1.82, 2.24) is 10.2 Å². The molecule has 2 aromatic carbocycles. The summed E-state index contributed by atoms with van der Waals surface area (Å²) in [5.74, 6) is 3.16. The lowest BCUT2D eigenvalue weighted by Gasteiger charge is -2.37. The Labute approximate surface area is 207 Å². The summed E-state index contributed by atoms with van der Waals surface area (Å²) in [5.41, 5.74) is 1.79. The van der Waals surface area contributed by atoms with Gasteiger partial charge in [0.15, 0.2) is 17.5 Å². The highest BCUT2D eigenvalue weighted by atomic mass is 127. The van der Waals surface area contributed by atoms with Crippen LogP contribution < -0.4 is 24.4 Å². The molecule has 1 aliphatic heterocycles. The standard InChI is InChI=1S/C23H32N4O4.HI/c1-5-24-23(25-16-17-14-21(30-3)22(31-4)15-20(17)29-2)27-12-10-26(11-13-27)18-8-6-7-9-19(18)28;/h6-9,14-15,28H,5,10-13,16H2,1-4H3,(H,24,25);1H. The van der Waals surface area contributed by atoms with Crippen molar-refractivity contribution >= 4 is 35.6 Å². The normalized spacial score (nSPS) is 13.9. The van der Waals surface area contributed by atoms with Crippen LogP contribution in [0.5, 0.6) is 23.0 Å². The highest BCUT2D eigenvalue weighted by Gasteiger charge is 2.21. The van der Waals surface area contributed by atoms with Crippen molar-refractivity contribution in [2.24, 2.45) is 4.99 Å². The molecule has 2 N–H and O–H groups in total. The molecule has 3 rings (SSSR count). The summed E-state index contributed by atoms with van der Waals surface area (Å²) < 4.78 is 16.3. The van der Waals surface area contributed by atoms with Gasteiger partial charge in [-0.2, -0.15) is 0 Å². The molecule has 8 nitrogen and oxygen atoms in total. The van der Waals surface area contributed by atoms with E-state index in [0.717, 1.165) is 49.9 Å². The number of halogens is 1. The van der Waals surface area contributed by atoms with E-state index in [9.17, 15) is 5.11 Å². The van der Waals surface area contributed by atoms with Gasteiger partial charge < -0.3 is 34.4 Å². The summed E-state index contributed by atoms with van der Waals surface area (Å²) in [6.45, 7) is 6.52. The van der Waals surface area contributed by atoms with Gasteiger partial charge in [0.05, 0.1) is 33.6 Å². The second-order valence-electron chi connectivity index (χ2n) is 7.15. The largest absolute Gasteiger partial charge is 0.506 e. The van der Waals surface area contributed by atoms with Crippen LogP contribution in [0.15, 0.2) is 41.4 Å². The number of hydrogen-bond acceptors (Lipinski definition) is 6. The van der Waals surface area contributed by atoms with Crippen LogP contribution in [0.25, 0.3) is 0 Å². The molecule has 1 fully saturated rings. The first-order chi connectivity index (χ1) is 15.1. The maximum absolute atomic E-state index is 10.1. The molecule has 32 heavy (non-hydrogen) atoms. The monoisotopic (exact) mass is 556 g/mol. The van der Waals surface area contributed by atoms with Crippen LogP contribution in [-0.4, -0.2) is 70.0 Å². The Hall–Kier alpha value is -2.56. The number of piperazine rings is 1. The number of aliphatic imine (C=N–C) groups is 1. The molecule has 1 saturated heterocycles. The third-order valence-electron chi connectivity index (χ3n) is 5.32. The summed E-state index contributed by atoms with van der Waals surface area (Å²) in [4.78, 5) is 9.29. The molecule has 0 aromatic heterocycles. The van der Waals surface area contributed by atoms with E-state index in [0.29, 0.717) is 29.5 Å². The first-order valence-electron chi connectivity index (χ1n) is 10.5. The summed E-state index contributed by atoms with van der Waals surface area (Å²) in [6, 6.07) is 11.2. The third-order valence-corrected chi connectivity index (χ3v) is 5.32. The Morgan fingerprint density at radius 2 is 1.59 bits per heavy atom. The van der Waals surface area contributed by atoms with Crippen molar-refractivity contribution in [3.63, 3.8) is 0 Å². The maximum atomic E-state index is 10.1.